The second kappa shape index (κ2) is 2.44. The van der Waals surface area contributed by atoms with Gasteiger partial charge in [0.15, 0.2) is 5.79 Å². The third-order valence-corrected chi connectivity index (χ3v) is 2.91. The standard InChI is InChI=1S/C8H15NO2/c10-8(11)4-6-9-5-2-1-3-7(8)9/h7,10-11H,1-6H2. The summed E-state index contributed by atoms with van der Waals surface area (Å²) in [5.41, 5.74) is 0. The van der Waals surface area contributed by atoms with Gasteiger partial charge in [0.05, 0.1) is 6.04 Å². The average molecular weight is 157 g/mol. The predicted molar refractivity (Wildman–Crippen MR) is 41.0 cm³/mol. The van der Waals surface area contributed by atoms with Gasteiger partial charge in [-0.3, -0.25) is 4.90 Å². The normalized spacial score (nSPS) is 37.1. The van der Waals surface area contributed by atoms with Crippen molar-refractivity contribution in [3.05, 3.63) is 0 Å². The molecule has 0 radical (unpaired) electrons. The number of piperidine rings is 1. The minimum atomic E-state index is -1.39. The zero-order valence-electron chi connectivity index (χ0n) is 6.66. The van der Waals surface area contributed by atoms with Gasteiger partial charge < -0.3 is 10.2 Å². The van der Waals surface area contributed by atoms with Crippen molar-refractivity contribution in [2.45, 2.75) is 37.5 Å². The molecule has 1 unspecified atom stereocenters. The highest BCUT2D eigenvalue weighted by atomic mass is 16.5. The lowest BCUT2D eigenvalue weighted by Crippen LogP contribution is -2.46. The van der Waals surface area contributed by atoms with E-state index < -0.39 is 5.79 Å². The predicted octanol–water partition coefficient (Wildman–Crippen LogP) is -0.0745. The van der Waals surface area contributed by atoms with Gasteiger partial charge in [0, 0.05) is 13.0 Å². The summed E-state index contributed by atoms with van der Waals surface area (Å²) in [5, 5.41) is 19.0. The fraction of sp³-hybridized carbons (Fsp3) is 1.00. The highest BCUT2D eigenvalue weighted by Gasteiger charge is 2.45. The zero-order valence-corrected chi connectivity index (χ0v) is 6.66. The Morgan fingerprint density at radius 1 is 1.18 bits per heavy atom. The number of aliphatic hydroxyl groups is 2. The summed E-state index contributed by atoms with van der Waals surface area (Å²) < 4.78 is 0. The van der Waals surface area contributed by atoms with E-state index in [1.165, 1.54) is 6.42 Å². The van der Waals surface area contributed by atoms with Crippen molar-refractivity contribution in [2.75, 3.05) is 13.1 Å². The Hall–Kier alpha value is -0.120. The summed E-state index contributed by atoms with van der Waals surface area (Å²) >= 11 is 0. The van der Waals surface area contributed by atoms with Crippen LogP contribution in [0.1, 0.15) is 25.7 Å². The van der Waals surface area contributed by atoms with Crippen LogP contribution in [-0.2, 0) is 0 Å². The van der Waals surface area contributed by atoms with E-state index >= 15 is 0 Å². The van der Waals surface area contributed by atoms with E-state index in [-0.39, 0.29) is 6.04 Å². The second-order valence-electron chi connectivity index (χ2n) is 3.68. The molecule has 2 N–H and O–H groups in total. The van der Waals surface area contributed by atoms with Gasteiger partial charge in [-0.1, -0.05) is 6.42 Å². The average Bonchev–Trinajstić information content (AvgIpc) is 2.29. The highest BCUT2D eigenvalue weighted by Crippen LogP contribution is 2.32. The molecule has 0 aromatic heterocycles. The van der Waals surface area contributed by atoms with Crippen LogP contribution in [0.4, 0.5) is 0 Å². The highest BCUT2D eigenvalue weighted by molar-refractivity contribution is 4.94. The lowest BCUT2D eigenvalue weighted by molar-refractivity contribution is -0.180. The summed E-state index contributed by atoms with van der Waals surface area (Å²) in [6, 6.07) is 0.0243. The first kappa shape index (κ1) is 7.53. The van der Waals surface area contributed by atoms with Crippen molar-refractivity contribution in [3.8, 4) is 0 Å². The molecule has 2 saturated heterocycles. The first-order chi connectivity index (χ1) is 5.20. The molecule has 3 nitrogen and oxygen atoms in total. The van der Waals surface area contributed by atoms with Crippen LogP contribution in [0, 0.1) is 0 Å². The fourth-order valence-electron chi connectivity index (χ4n) is 2.26. The van der Waals surface area contributed by atoms with Gasteiger partial charge in [-0.25, -0.2) is 0 Å². The van der Waals surface area contributed by atoms with Crippen LogP contribution in [0.25, 0.3) is 0 Å². The van der Waals surface area contributed by atoms with Crippen LogP contribution in [-0.4, -0.2) is 40.0 Å². The molecule has 2 fully saturated rings. The Morgan fingerprint density at radius 3 is 2.73 bits per heavy atom. The number of rotatable bonds is 0. The molecule has 2 aliphatic heterocycles. The van der Waals surface area contributed by atoms with Gasteiger partial charge in [-0.15, -0.1) is 0 Å². The third-order valence-electron chi connectivity index (χ3n) is 2.91. The Labute approximate surface area is 66.6 Å². The monoisotopic (exact) mass is 157 g/mol. The Morgan fingerprint density at radius 2 is 2.00 bits per heavy atom. The summed E-state index contributed by atoms with van der Waals surface area (Å²) in [4.78, 5) is 2.20. The number of hydrogen-bond donors (Lipinski definition) is 2. The summed E-state index contributed by atoms with van der Waals surface area (Å²) in [7, 11) is 0. The third kappa shape index (κ3) is 1.17. The van der Waals surface area contributed by atoms with Gasteiger partial charge in [0.25, 0.3) is 0 Å². The molecule has 1 atom stereocenters. The molecule has 0 bridgehead atoms. The topological polar surface area (TPSA) is 43.7 Å². The smallest absolute Gasteiger partial charge is 0.179 e. The fourth-order valence-corrected chi connectivity index (χ4v) is 2.26. The molecule has 0 amide bonds. The molecule has 3 heteroatoms. The molecule has 0 saturated carbocycles. The Kier molecular flexibility index (Phi) is 1.67. The van der Waals surface area contributed by atoms with Crippen molar-refractivity contribution in [2.24, 2.45) is 0 Å². The van der Waals surface area contributed by atoms with Crippen molar-refractivity contribution in [1.82, 2.24) is 4.90 Å². The minimum Gasteiger partial charge on any atom is -0.364 e. The minimum absolute atomic E-state index is 0.0243. The Balaban J connectivity index is 2.10. The largest absolute Gasteiger partial charge is 0.364 e. The maximum absolute atomic E-state index is 9.50. The molecular weight excluding hydrogens is 142 g/mol. The van der Waals surface area contributed by atoms with Gasteiger partial charge in [-0.2, -0.15) is 0 Å². The quantitative estimate of drug-likeness (QED) is 0.484. The molecule has 64 valence electrons. The van der Waals surface area contributed by atoms with Gasteiger partial charge >= 0.3 is 0 Å². The van der Waals surface area contributed by atoms with Crippen molar-refractivity contribution in [3.63, 3.8) is 0 Å². The van der Waals surface area contributed by atoms with E-state index in [2.05, 4.69) is 4.90 Å². The summed E-state index contributed by atoms with van der Waals surface area (Å²) in [5.74, 6) is -1.39. The van der Waals surface area contributed by atoms with Crippen LogP contribution in [0.5, 0.6) is 0 Å². The van der Waals surface area contributed by atoms with E-state index in [0.29, 0.717) is 6.42 Å². The first-order valence-electron chi connectivity index (χ1n) is 4.39. The molecule has 2 rings (SSSR count). The number of fused-ring (bicyclic) bond motifs is 1. The van der Waals surface area contributed by atoms with Gasteiger partial charge in [0.1, 0.15) is 0 Å². The zero-order chi connectivity index (χ0) is 7.90. The maximum Gasteiger partial charge on any atom is 0.179 e. The van der Waals surface area contributed by atoms with E-state index in [4.69, 9.17) is 0 Å². The molecule has 0 aliphatic carbocycles. The molecule has 0 aromatic carbocycles. The van der Waals surface area contributed by atoms with Gasteiger partial charge in [0.2, 0.25) is 0 Å². The second-order valence-corrected chi connectivity index (χ2v) is 3.68. The molecule has 2 heterocycles. The van der Waals surface area contributed by atoms with Crippen molar-refractivity contribution < 1.29 is 10.2 Å². The van der Waals surface area contributed by atoms with E-state index in [0.717, 1.165) is 25.9 Å². The van der Waals surface area contributed by atoms with Crippen LogP contribution in [0.2, 0.25) is 0 Å². The number of nitrogens with zero attached hydrogens (tertiary/aromatic N) is 1. The first-order valence-corrected chi connectivity index (χ1v) is 4.39. The molecule has 11 heavy (non-hydrogen) atoms. The lowest BCUT2D eigenvalue weighted by Gasteiger charge is -2.33. The van der Waals surface area contributed by atoms with Gasteiger partial charge in [-0.05, 0) is 19.4 Å². The SMILES string of the molecule is OC1(O)CCN2CCCCC21. The molecular formula is C8H15NO2. The van der Waals surface area contributed by atoms with E-state index in [1.807, 2.05) is 0 Å². The van der Waals surface area contributed by atoms with Crippen LogP contribution < -0.4 is 0 Å². The molecule has 0 aromatic rings. The summed E-state index contributed by atoms with van der Waals surface area (Å²) in [6.07, 6.45) is 3.83. The van der Waals surface area contributed by atoms with Crippen LogP contribution in [0.3, 0.4) is 0 Å². The summed E-state index contributed by atoms with van der Waals surface area (Å²) in [6.45, 7) is 1.91. The molecule has 0 spiro atoms. The number of hydrogen-bond acceptors (Lipinski definition) is 3. The van der Waals surface area contributed by atoms with Crippen molar-refractivity contribution >= 4 is 0 Å². The van der Waals surface area contributed by atoms with Crippen LogP contribution >= 0.6 is 0 Å². The lowest BCUT2D eigenvalue weighted by atomic mass is 9.98. The van der Waals surface area contributed by atoms with Crippen molar-refractivity contribution in [1.29, 1.82) is 0 Å². The molecule has 2 aliphatic rings. The van der Waals surface area contributed by atoms with Crippen LogP contribution in [0.15, 0.2) is 0 Å². The Bertz CT molecular complexity index is 158. The maximum atomic E-state index is 9.50. The van der Waals surface area contributed by atoms with E-state index in [9.17, 15) is 10.2 Å². The van der Waals surface area contributed by atoms with E-state index in [1.54, 1.807) is 0 Å².